The van der Waals surface area contributed by atoms with Crippen molar-refractivity contribution in [3.8, 4) is 0 Å². The molecule has 0 aliphatic heterocycles. The molecule has 0 heterocycles. The molecule has 0 aliphatic carbocycles. The summed E-state index contributed by atoms with van der Waals surface area (Å²) in [5.41, 5.74) is 0. The molecular weight excluding hydrogens is 237 g/mol. The fourth-order valence-electron chi connectivity index (χ4n) is 1.36. The van der Waals surface area contributed by atoms with Crippen LogP contribution in [-0.4, -0.2) is 18.2 Å². The number of nitrogens with one attached hydrogen (secondary N) is 1. The number of hydrogen-bond acceptors (Lipinski definition) is 2. The molecule has 17 heavy (non-hydrogen) atoms. The van der Waals surface area contributed by atoms with Crippen LogP contribution in [0.5, 0.6) is 0 Å². The Morgan fingerprint density at radius 3 is 2.82 bits per heavy atom. The second-order valence-electron chi connectivity index (χ2n) is 3.78. The van der Waals surface area contributed by atoms with Crippen LogP contribution >= 0.6 is 11.8 Å². The number of benzene rings is 1. The van der Waals surface area contributed by atoms with E-state index in [4.69, 9.17) is 0 Å². The third-order valence-corrected chi connectivity index (χ3v) is 3.35. The van der Waals surface area contributed by atoms with Gasteiger partial charge in [0.1, 0.15) is 5.82 Å². The third kappa shape index (κ3) is 5.73. The third-order valence-electron chi connectivity index (χ3n) is 2.30. The van der Waals surface area contributed by atoms with Crippen molar-refractivity contribution < 1.29 is 9.18 Å². The normalized spacial score (nSPS) is 10.2. The summed E-state index contributed by atoms with van der Waals surface area (Å²) in [5, 5.41) is 2.82. The Morgan fingerprint density at radius 2 is 2.12 bits per heavy atom. The highest BCUT2D eigenvalue weighted by atomic mass is 32.2. The van der Waals surface area contributed by atoms with E-state index >= 15 is 0 Å². The van der Waals surface area contributed by atoms with E-state index in [-0.39, 0.29) is 17.5 Å². The lowest BCUT2D eigenvalue weighted by atomic mass is 10.2. The van der Waals surface area contributed by atoms with Gasteiger partial charge in [-0.2, -0.15) is 0 Å². The predicted octanol–water partition coefficient (Wildman–Crippen LogP) is 3.22. The van der Waals surface area contributed by atoms with Gasteiger partial charge in [-0.1, -0.05) is 31.9 Å². The van der Waals surface area contributed by atoms with Crippen LogP contribution in [0.25, 0.3) is 0 Å². The number of unbranched alkanes of at least 4 members (excludes halogenated alkanes) is 2. The molecule has 0 fully saturated rings. The highest BCUT2D eigenvalue weighted by Gasteiger charge is 2.05. The first kappa shape index (κ1) is 14.0. The standard InChI is InChI=1S/C13H18FNOS/c1-2-3-6-9-15-13(16)10-17-12-8-5-4-7-11(12)14/h4-5,7-8H,2-3,6,9-10H2,1H3,(H,15,16). The SMILES string of the molecule is CCCCCNC(=O)CSc1ccccc1F. The zero-order chi connectivity index (χ0) is 12.5. The van der Waals surface area contributed by atoms with E-state index in [2.05, 4.69) is 12.2 Å². The van der Waals surface area contributed by atoms with E-state index in [0.717, 1.165) is 19.3 Å². The molecule has 1 amide bonds. The van der Waals surface area contributed by atoms with Crippen molar-refractivity contribution >= 4 is 17.7 Å². The fourth-order valence-corrected chi connectivity index (χ4v) is 2.13. The van der Waals surface area contributed by atoms with Crippen molar-refractivity contribution in [3.63, 3.8) is 0 Å². The smallest absolute Gasteiger partial charge is 0.230 e. The molecule has 0 bridgehead atoms. The maximum Gasteiger partial charge on any atom is 0.230 e. The predicted molar refractivity (Wildman–Crippen MR) is 69.7 cm³/mol. The van der Waals surface area contributed by atoms with Gasteiger partial charge in [0.25, 0.3) is 0 Å². The molecule has 1 aromatic rings. The molecule has 1 aromatic carbocycles. The summed E-state index contributed by atoms with van der Waals surface area (Å²) in [6.45, 7) is 2.83. The van der Waals surface area contributed by atoms with Crippen molar-refractivity contribution in [2.45, 2.75) is 31.1 Å². The van der Waals surface area contributed by atoms with E-state index in [1.807, 2.05) is 0 Å². The molecule has 1 rings (SSSR count). The zero-order valence-electron chi connectivity index (χ0n) is 10.0. The van der Waals surface area contributed by atoms with Gasteiger partial charge in [-0.05, 0) is 18.6 Å². The van der Waals surface area contributed by atoms with Crippen LogP contribution < -0.4 is 5.32 Å². The molecule has 4 heteroatoms. The first-order valence-electron chi connectivity index (χ1n) is 5.88. The zero-order valence-corrected chi connectivity index (χ0v) is 10.9. The minimum atomic E-state index is -0.267. The number of thioether (sulfide) groups is 1. The lowest BCUT2D eigenvalue weighted by Crippen LogP contribution is -2.26. The summed E-state index contributed by atoms with van der Waals surface area (Å²) in [5.74, 6) is -0.0294. The fraction of sp³-hybridized carbons (Fsp3) is 0.462. The van der Waals surface area contributed by atoms with Crippen molar-refractivity contribution in [1.29, 1.82) is 0 Å². The molecule has 0 atom stereocenters. The van der Waals surface area contributed by atoms with Gasteiger partial charge in [0.15, 0.2) is 0 Å². The molecule has 0 saturated carbocycles. The van der Waals surface area contributed by atoms with E-state index in [1.54, 1.807) is 18.2 Å². The molecule has 94 valence electrons. The first-order valence-corrected chi connectivity index (χ1v) is 6.86. The van der Waals surface area contributed by atoms with Gasteiger partial charge in [-0.25, -0.2) is 4.39 Å². The van der Waals surface area contributed by atoms with Crippen LogP contribution in [-0.2, 0) is 4.79 Å². The molecule has 0 aromatic heterocycles. The van der Waals surface area contributed by atoms with E-state index < -0.39 is 0 Å². The number of carbonyl (C=O) groups is 1. The average Bonchev–Trinajstić information content (AvgIpc) is 2.34. The molecule has 0 radical (unpaired) electrons. The van der Waals surface area contributed by atoms with Crippen LogP contribution in [0.1, 0.15) is 26.2 Å². The lowest BCUT2D eigenvalue weighted by molar-refractivity contribution is -0.118. The molecule has 0 saturated heterocycles. The maximum atomic E-state index is 13.2. The van der Waals surface area contributed by atoms with Crippen molar-refractivity contribution in [1.82, 2.24) is 5.32 Å². The second-order valence-corrected chi connectivity index (χ2v) is 4.79. The first-order chi connectivity index (χ1) is 8.24. The Labute approximate surface area is 106 Å². The summed E-state index contributed by atoms with van der Waals surface area (Å²) in [6, 6.07) is 6.50. The van der Waals surface area contributed by atoms with Gasteiger partial charge >= 0.3 is 0 Å². The van der Waals surface area contributed by atoms with Crippen LogP contribution in [0, 0.1) is 5.82 Å². The molecule has 2 nitrogen and oxygen atoms in total. The number of amides is 1. The minimum Gasteiger partial charge on any atom is -0.355 e. The Kier molecular flexibility index (Phi) is 6.70. The highest BCUT2D eigenvalue weighted by molar-refractivity contribution is 8.00. The van der Waals surface area contributed by atoms with Crippen molar-refractivity contribution in [3.05, 3.63) is 30.1 Å². The number of rotatable bonds is 7. The van der Waals surface area contributed by atoms with E-state index in [0.29, 0.717) is 11.4 Å². The number of halogens is 1. The Morgan fingerprint density at radius 1 is 1.35 bits per heavy atom. The molecule has 1 N–H and O–H groups in total. The average molecular weight is 255 g/mol. The molecular formula is C13H18FNOS. The van der Waals surface area contributed by atoms with Gasteiger partial charge in [0.05, 0.1) is 5.75 Å². The monoisotopic (exact) mass is 255 g/mol. The number of carbonyl (C=O) groups excluding carboxylic acids is 1. The topological polar surface area (TPSA) is 29.1 Å². The van der Waals surface area contributed by atoms with Gasteiger partial charge in [0.2, 0.25) is 5.91 Å². The van der Waals surface area contributed by atoms with Crippen molar-refractivity contribution in [2.75, 3.05) is 12.3 Å². The van der Waals surface area contributed by atoms with Crippen LogP contribution in [0.15, 0.2) is 29.2 Å². The van der Waals surface area contributed by atoms with Crippen LogP contribution in [0.3, 0.4) is 0 Å². The highest BCUT2D eigenvalue weighted by Crippen LogP contribution is 2.20. The van der Waals surface area contributed by atoms with E-state index in [9.17, 15) is 9.18 Å². The quantitative estimate of drug-likeness (QED) is 0.598. The lowest BCUT2D eigenvalue weighted by Gasteiger charge is -2.05. The summed E-state index contributed by atoms with van der Waals surface area (Å²) < 4.78 is 13.2. The Hall–Kier alpha value is -1.03. The molecule has 0 unspecified atom stereocenters. The summed E-state index contributed by atoms with van der Waals surface area (Å²) >= 11 is 1.23. The number of hydrogen-bond donors (Lipinski definition) is 1. The molecule has 0 spiro atoms. The summed E-state index contributed by atoms with van der Waals surface area (Å²) in [7, 11) is 0. The summed E-state index contributed by atoms with van der Waals surface area (Å²) in [6.07, 6.45) is 3.27. The van der Waals surface area contributed by atoms with Crippen LogP contribution in [0.4, 0.5) is 4.39 Å². The Balaban J connectivity index is 2.22. The molecule has 0 aliphatic rings. The minimum absolute atomic E-state index is 0.0330. The van der Waals surface area contributed by atoms with Gasteiger partial charge in [0, 0.05) is 11.4 Å². The Bertz CT molecular complexity index is 357. The van der Waals surface area contributed by atoms with Gasteiger partial charge in [-0.15, -0.1) is 11.8 Å². The van der Waals surface area contributed by atoms with E-state index in [1.165, 1.54) is 17.8 Å². The summed E-state index contributed by atoms with van der Waals surface area (Å²) in [4.78, 5) is 12.0. The van der Waals surface area contributed by atoms with Crippen molar-refractivity contribution in [2.24, 2.45) is 0 Å². The van der Waals surface area contributed by atoms with Gasteiger partial charge < -0.3 is 5.32 Å². The maximum absolute atomic E-state index is 13.2. The van der Waals surface area contributed by atoms with Gasteiger partial charge in [-0.3, -0.25) is 4.79 Å². The van der Waals surface area contributed by atoms with Crippen LogP contribution in [0.2, 0.25) is 0 Å². The largest absolute Gasteiger partial charge is 0.355 e. The second kappa shape index (κ2) is 8.12.